The van der Waals surface area contributed by atoms with Crippen LogP contribution in [0.15, 0.2) is 0 Å². The van der Waals surface area contributed by atoms with Crippen molar-refractivity contribution in [3.05, 3.63) is 0 Å². The Morgan fingerprint density at radius 3 is 2.75 bits per heavy atom. The normalized spacial score (nSPS) is 36.8. The molecule has 1 aliphatic carbocycles. The van der Waals surface area contributed by atoms with Crippen molar-refractivity contribution in [1.29, 1.82) is 0 Å². The standard InChI is InChI=1S/C10H22N2/c1-3-12-10(8-11)7-5-4-6-9(10)2/h9,12H,3-8,11H2,1-2H3. The van der Waals surface area contributed by atoms with E-state index >= 15 is 0 Å². The predicted octanol–water partition coefficient (Wildman–Crippen LogP) is 1.50. The number of nitrogens with two attached hydrogens (primary N) is 1. The summed E-state index contributed by atoms with van der Waals surface area (Å²) in [7, 11) is 0. The first-order valence-electron chi connectivity index (χ1n) is 5.20. The molecular formula is C10H22N2. The zero-order chi connectivity index (χ0) is 9.03. The van der Waals surface area contributed by atoms with E-state index in [0.717, 1.165) is 19.0 Å². The lowest BCUT2D eigenvalue weighted by Crippen LogP contribution is -2.57. The van der Waals surface area contributed by atoms with E-state index in [2.05, 4.69) is 19.2 Å². The highest BCUT2D eigenvalue weighted by molar-refractivity contribution is 4.95. The number of rotatable bonds is 3. The van der Waals surface area contributed by atoms with Gasteiger partial charge in [0.1, 0.15) is 0 Å². The summed E-state index contributed by atoms with van der Waals surface area (Å²) < 4.78 is 0. The maximum absolute atomic E-state index is 5.85. The monoisotopic (exact) mass is 170 g/mol. The van der Waals surface area contributed by atoms with Gasteiger partial charge in [0, 0.05) is 12.1 Å². The highest BCUT2D eigenvalue weighted by Gasteiger charge is 2.35. The van der Waals surface area contributed by atoms with Crippen molar-refractivity contribution < 1.29 is 0 Å². The van der Waals surface area contributed by atoms with Gasteiger partial charge >= 0.3 is 0 Å². The first-order chi connectivity index (χ1) is 5.75. The molecule has 0 spiro atoms. The van der Waals surface area contributed by atoms with Gasteiger partial charge in [-0.3, -0.25) is 0 Å². The quantitative estimate of drug-likeness (QED) is 0.673. The summed E-state index contributed by atoms with van der Waals surface area (Å²) in [6, 6.07) is 0. The van der Waals surface area contributed by atoms with E-state index in [1.807, 2.05) is 0 Å². The van der Waals surface area contributed by atoms with Gasteiger partial charge in [-0.1, -0.05) is 26.7 Å². The fourth-order valence-corrected chi connectivity index (χ4v) is 2.40. The average molecular weight is 170 g/mol. The van der Waals surface area contributed by atoms with E-state index in [1.54, 1.807) is 0 Å². The number of hydrogen-bond donors (Lipinski definition) is 2. The van der Waals surface area contributed by atoms with Crippen LogP contribution < -0.4 is 11.1 Å². The van der Waals surface area contributed by atoms with Gasteiger partial charge in [0.15, 0.2) is 0 Å². The van der Waals surface area contributed by atoms with Gasteiger partial charge < -0.3 is 11.1 Å². The SMILES string of the molecule is CCNC1(CN)CCCCC1C. The summed E-state index contributed by atoms with van der Waals surface area (Å²) in [5.41, 5.74) is 6.11. The van der Waals surface area contributed by atoms with Crippen LogP contribution in [0.5, 0.6) is 0 Å². The van der Waals surface area contributed by atoms with Gasteiger partial charge in [0.2, 0.25) is 0 Å². The van der Waals surface area contributed by atoms with Crippen molar-refractivity contribution in [3.8, 4) is 0 Å². The Morgan fingerprint density at radius 1 is 1.50 bits per heavy atom. The van der Waals surface area contributed by atoms with Crippen molar-refractivity contribution in [2.75, 3.05) is 13.1 Å². The van der Waals surface area contributed by atoms with Crippen LogP contribution in [0, 0.1) is 5.92 Å². The van der Waals surface area contributed by atoms with Crippen LogP contribution in [-0.2, 0) is 0 Å². The van der Waals surface area contributed by atoms with E-state index in [9.17, 15) is 0 Å². The van der Waals surface area contributed by atoms with Crippen molar-refractivity contribution in [2.45, 2.75) is 45.1 Å². The Hall–Kier alpha value is -0.0800. The molecule has 1 rings (SSSR count). The van der Waals surface area contributed by atoms with Gasteiger partial charge in [-0.05, 0) is 25.3 Å². The van der Waals surface area contributed by atoms with Crippen LogP contribution in [0.4, 0.5) is 0 Å². The molecule has 1 aliphatic rings. The minimum absolute atomic E-state index is 0.257. The highest BCUT2D eigenvalue weighted by atomic mass is 15.0. The van der Waals surface area contributed by atoms with Crippen molar-refractivity contribution in [3.63, 3.8) is 0 Å². The fraction of sp³-hybridized carbons (Fsp3) is 1.00. The molecule has 3 N–H and O–H groups in total. The van der Waals surface area contributed by atoms with Crippen LogP contribution >= 0.6 is 0 Å². The van der Waals surface area contributed by atoms with Crippen molar-refractivity contribution in [2.24, 2.45) is 11.7 Å². The first-order valence-corrected chi connectivity index (χ1v) is 5.20. The molecule has 2 nitrogen and oxygen atoms in total. The molecule has 0 aromatic carbocycles. The summed E-state index contributed by atoms with van der Waals surface area (Å²) in [5, 5.41) is 3.57. The van der Waals surface area contributed by atoms with Gasteiger partial charge in [0.05, 0.1) is 0 Å². The Bertz CT molecular complexity index is 132. The molecule has 2 unspecified atom stereocenters. The zero-order valence-electron chi connectivity index (χ0n) is 8.40. The molecule has 0 bridgehead atoms. The van der Waals surface area contributed by atoms with Crippen LogP contribution in [0.1, 0.15) is 39.5 Å². The molecule has 0 amide bonds. The first kappa shape index (κ1) is 10.0. The van der Waals surface area contributed by atoms with Crippen molar-refractivity contribution in [1.82, 2.24) is 5.32 Å². The second kappa shape index (κ2) is 4.24. The molecule has 0 aromatic rings. The van der Waals surface area contributed by atoms with E-state index in [0.29, 0.717) is 0 Å². The third kappa shape index (κ3) is 1.80. The van der Waals surface area contributed by atoms with E-state index in [-0.39, 0.29) is 5.54 Å². The van der Waals surface area contributed by atoms with E-state index < -0.39 is 0 Å². The van der Waals surface area contributed by atoms with E-state index in [1.165, 1.54) is 25.7 Å². The zero-order valence-corrected chi connectivity index (χ0v) is 8.40. The van der Waals surface area contributed by atoms with Gasteiger partial charge in [0.25, 0.3) is 0 Å². The third-order valence-corrected chi connectivity index (χ3v) is 3.35. The molecule has 0 aromatic heterocycles. The molecule has 1 saturated carbocycles. The molecule has 0 aliphatic heterocycles. The minimum atomic E-state index is 0.257. The maximum Gasteiger partial charge on any atom is 0.0329 e. The molecule has 12 heavy (non-hydrogen) atoms. The molecule has 0 saturated heterocycles. The Labute approximate surface area is 75.9 Å². The second-order valence-electron chi connectivity index (χ2n) is 4.04. The number of hydrogen-bond acceptors (Lipinski definition) is 2. The number of nitrogens with one attached hydrogen (secondary N) is 1. The molecule has 2 atom stereocenters. The topological polar surface area (TPSA) is 38.0 Å². The molecule has 1 fully saturated rings. The minimum Gasteiger partial charge on any atom is -0.329 e. The van der Waals surface area contributed by atoms with Gasteiger partial charge in [-0.15, -0.1) is 0 Å². The van der Waals surface area contributed by atoms with Crippen LogP contribution in [0.2, 0.25) is 0 Å². The van der Waals surface area contributed by atoms with Crippen LogP contribution in [0.25, 0.3) is 0 Å². The highest BCUT2D eigenvalue weighted by Crippen LogP contribution is 2.32. The van der Waals surface area contributed by atoms with Crippen molar-refractivity contribution >= 4 is 0 Å². The lowest BCUT2D eigenvalue weighted by molar-refractivity contribution is 0.164. The largest absolute Gasteiger partial charge is 0.329 e. The smallest absolute Gasteiger partial charge is 0.0329 e. The lowest BCUT2D eigenvalue weighted by Gasteiger charge is -2.42. The summed E-state index contributed by atoms with van der Waals surface area (Å²) in [4.78, 5) is 0. The second-order valence-corrected chi connectivity index (χ2v) is 4.04. The van der Waals surface area contributed by atoms with Crippen LogP contribution in [0.3, 0.4) is 0 Å². The summed E-state index contributed by atoms with van der Waals surface area (Å²) in [5.74, 6) is 0.746. The third-order valence-electron chi connectivity index (χ3n) is 3.35. The van der Waals surface area contributed by atoms with Gasteiger partial charge in [-0.2, -0.15) is 0 Å². The maximum atomic E-state index is 5.85. The summed E-state index contributed by atoms with van der Waals surface area (Å²) in [6.07, 6.45) is 5.32. The Morgan fingerprint density at radius 2 is 2.25 bits per heavy atom. The summed E-state index contributed by atoms with van der Waals surface area (Å²) in [6.45, 7) is 6.33. The molecule has 0 heterocycles. The van der Waals surface area contributed by atoms with Gasteiger partial charge in [-0.25, -0.2) is 0 Å². The predicted molar refractivity (Wildman–Crippen MR) is 53.1 cm³/mol. The summed E-state index contributed by atoms with van der Waals surface area (Å²) >= 11 is 0. The van der Waals surface area contributed by atoms with E-state index in [4.69, 9.17) is 5.73 Å². The molecule has 72 valence electrons. The average Bonchev–Trinajstić information content (AvgIpc) is 2.10. The molecule has 2 heteroatoms. The number of likely N-dealkylation sites (N-methyl/N-ethyl adjacent to an activating group) is 1. The molecular weight excluding hydrogens is 148 g/mol. The Kier molecular flexibility index (Phi) is 3.53. The fourth-order valence-electron chi connectivity index (χ4n) is 2.40. The Balaban J connectivity index is 2.60. The van der Waals surface area contributed by atoms with Crippen LogP contribution in [-0.4, -0.2) is 18.6 Å². The lowest BCUT2D eigenvalue weighted by atomic mass is 9.73. The molecule has 0 radical (unpaired) electrons.